The molecule has 0 unspecified atom stereocenters. The Balaban J connectivity index is 0.00000208. The topological polar surface area (TPSA) is 38.5 Å². The summed E-state index contributed by atoms with van der Waals surface area (Å²) >= 11 is 0. The minimum Gasteiger partial charge on any atom is -0.496 e. The Hall–Kier alpha value is -1.71. The highest BCUT2D eigenvalue weighted by Gasteiger charge is 2.20. The molecule has 0 spiro atoms. The first-order valence-corrected chi connectivity index (χ1v) is 8.43. The van der Waals surface area contributed by atoms with Gasteiger partial charge in [0.15, 0.2) is 0 Å². The van der Waals surface area contributed by atoms with Gasteiger partial charge >= 0.3 is 0 Å². The minimum absolute atomic E-state index is 0. The third kappa shape index (κ3) is 4.89. The van der Waals surface area contributed by atoms with E-state index in [4.69, 9.17) is 10.5 Å². The van der Waals surface area contributed by atoms with Crippen molar-refractivity contribution in [3.63, 3.8) is 0 Å². The normalized spacial score (nSPS) is 15.7. The number of hydrogen-bond donors (Lipinski definition) is 1. The van der Waals surface area contributed by atoms with Crippen molar-refractivity contribution >= 4 is 18.1 Å². The fraction of sp³-hybridized carbons (Fsp3) is 0.400. The largest absolute Gasteiger partial charge is 0.496 e. The molecule has 24 heavy (non-hydrogen) atoms. The molecule has 2 N–H and O–H groups in total. The molecule has 1 aliphatic rings. The predicted molar refractivity (Wildman–Crippen MR) is 103 cm³/mol. The van der Waals surface area contributed by atoms with Crippen LogP contribution in [-0.2, 0) is 13.0 Å². The van der Waals surface area contributed by atoms with Gasteiger partial charge in [-0.25, -0.2) is 0 Å². The van der Waals surface area contributed by atoms with Gasteiger partial charge in [0.25, 0.3) is 0 Å². The second kappa shape index (κ2) is 8.95. The fourth-order valence-electron chi connectivity index (χ4n) is 3.48. The standard InChI is InChI=1S/C20H26N2O.ClH/c1-23-20-8-3-2-6-18(20)13-16-9-11-22(12-10-16)15-17-5-4-7-19(21)14-17;/h2-8,14,16H,9-13,15,21H2,1H3;1H. The second-order valence-electron chi connectivity index (χ2n) is 6.48. The van der Waals surface area contributed by atoms with Gasteiger partial charge in [-0.3, -0.25) is 4.90 Å². The monoisotopic (exact) mass is 346 g/mol. The average molecular weight is 347 g/mol. The van der Waals surface area contributed by atoms with Gasteiger partial charge in [0.1, 0.15) is 5.75 Å². The lowest BCUT2D eigenvalue weighted by Crippen LogP contribution is -2.33. The first-order valence-electron chi connectivity index (χ1n) is 8.43. The second-order valence-corrected chi connectivity index (χ2v) is 6.48. The van der Waals surface area contributed by atoms with Crippen LogP contribution < -0.4 is 10.5 Å². The van der Waals surface area contributed by atoms with Gasteiger partial charge in [-0.05, 0) is 67.6 Å². The fourth-order valence-corrected chi connectivity index (χ4v) is 3.48. The van der Waals surface area contributed by atoms with Crippen LogP contribution in [0.4, 0.5) is 5.69 Å². The number of halogens is 1. The van der Waals surface area contributed by atoms with Gasteiger partial charge in [-0.2, -0.15) is 0 Å². The highest BCUT2D eigenvalue weighted by atomic mass is 35.5. The molecule has 0 aliphatic carbocycles. The zero-order valence-corrected chi connectivity index (χ0v) is 15.1. The molecule has 2 aromatic rings. The van der Waals surface area contributed by atoms with Crippen molar-refractivity contribution in [1.82, 2.24) is 4.90 Å². The smallest absolute Gasteiger partial charge is 0.122 e. The van der Waals surface area contributed by atoms with E-state index in [-0.39, 0.29) is 12.4 Å². The van der Waals surface area contributed by atoms with Crippen molar-refractivity contribution < 1.29 is 4.74 Å². The summed E-state index contributed by atoms with van der Waals surface area (Å²) in [4.78, 5) is 2.54. The van der Waals surface area contributed by atoms with E-state index < -0.39 is 0 Å². The summed E-state index contributed by atoms with van der Waals surface area (Å²) in [5.41, 5.74) is 9.37. The summed E-state index contributed by atoms with van der Waals surface area (Å²) in [7, 11) is 1.76. The molecule has 1 aliphatic heterocycles. The zero-order valence-electron chi connectivity index (χ0n) is 14.3. The number of benzene rings is 2. The van der Waals surface area contributed by atoms with E-state index in [2.05, 4.69) is 35.2 Å². The van der Waals surface area contributed by atoms with Crippen LogP contribution in [0, 0.1) is 5.92 Å². The highest BCUT2D eigenvalue weighted by Crippen LogP contribution is 2.27. The van der Waals surface area contributed by atoms with Crippen LogP contribution in [0.15, 0.2) is 48.5 Å². The van der Waals surface area contributed by atoms with E-state index in [0.29, 0.717) is 0 Å². The lowest BCUT2D eigenvalue weighted by atomic mass is 9.89. The highest BCUT2D eigenvalue weighted by molar-refractivity contribution is 5.85. The van der Waals surface area contributed by atoms with Gasteiger partial charge in [-0.1, -0.05) is 30.3 Å². The first kappa shape index (κ1) is 18.6. The maximum atomic E-state index is 5.87. The average Bonchev–Trinajstić information content (AvgIpc) is 2.57. The molecular weight excluding hydrogens is 320 g/mol. The van der Waals surface area contributed by atoms with Gasteiger partial charge < -0.3 is 10.5 Å². The maximum absolute atomic E-state index is 5.87. The number of likely N-dealkylation sites (tertiary alicyclic amines) is 1. The Morgan fingerprint density at radius 1 is 1.08 bits per heavy atom. The van der Waals surface area contributed by atoms with Crippen LogP contribution in [0.5, 0.6) is 5.75 Å². The zero-order chi connectivity index (χ0) is 16.1. The SMILES string of the molecule is COc1ccccc1CC1CCN(Cc2cccc(N)c2)CC1.Cl. The Labute approximate surface area is 151 Å². The van der Waals surface area contributed by atoms with Crippen LogP contribution in [-0.4, -0.2) is 25.1 Å². The van der Waals surface area contributed by atoms with Crippen LogP contribution in [0.1, 0.15) is 24.0 Å². The molecule has 0 bridgehead atoms. The molecule has 3 nitrogen and oxygen atoms in total. The van der Waals surface area contributed by atoms with Crippen LogP contribution >= 0.6 is 12.4 Å². The Morgan fingerprint density at radius 3 is 2.54 bits per heavy atom. The number of nitrogen functional groups attached to an aromatic ring is 1. The van der Waals surface area contributed by atoms with E-state index in [9.17, 15) is 0 Å². The lowest BCUT2D eigenvalue weighted by molar-refractivity contribution is 0.176. The van der Waals surface area contributed by atoms with Crippen molar-refractivity contribution in [3.8, 4) is 5.75 Å². The molecule has 3 rings (SSSR count). The molecule has 4 heteroatoms. The summed E-state index contributed by atoms with van der Waals surface area (Å²) in [6.45, 7) is 3.33. The molecular formula is C20H27ClN2O. The van der Waals surface area contributed by atoms with Crippen LogP contribution in [0.25, 0.3) is 0 Å². The quantitative estimate of drug-likeness (QED) is 0.826. The number of nitrogens with two attached hydrogens (primary N) is 1. The maximum Gasteiger partial charge on any atom is 0.122 e. The predicted octanol–water partition coefficient (Wildman–Crippen LogP) is 4.15. The van der Waals surface area contributed by atoms with Crippen LogP contribution in [0.3, 0.4) is 0 Å². The van der Waals surface area contributed by atoms with E-state index in [1.807, 2.05) is 18.2 Å². The number of anilines is 1. The van der Waals surface area contributed by atoms with E-state index >= 15 is 0 Å². The molecule has 0 atom stereocenters. The molecule has 0 saturated carbocycles. The summed E-state index contributed by atoms with van der Waals surface area (Å²) < 4.78 is 5.48. The number of ether oxygens (including phenoxy) is 1. The summed E-state index contributed by atoms with van der Waals surface area (Å²) in [5.74, 6) is 1.78. The summed E-state index contributed by atoms with van der Waals surface area (Å²) in [6, 6.07) is 16.6. The number of nitrogens with zero attached hydrogens (tertiary/aromatic N) is 1. The van der Waals surface area contributed by atoms with Gasteiger partial charge in [0, 0.05) is 12.2 Å². The van der Waals surface area contributed by atoms with Gasteiger partial charge in [-0.15, -0.1) is 12.4 Å². The number of rotatable bonds is 5. The molecule has 1 saturated heterocycles. The van der Waals surface area contributed by atoms with Crippen molar-refractivity contribution in [3.05, 3.63) is 59.7 Å². The molecule has 1 heterocycles. The van der Waals surface area contributed by atoms with E-state index in [0.717, 1.165) is 43.4 Å². The first-order chi connectivity index (χ1) is 11.2. The van der Waals surface area contributed by atoms with Gasteiger partial charge in [0.2, 0.25) is 0 Å². The third-order valence-electron chi connectivity index (χ3n) is 4.77. The Morgan fingerprint density at radius 2 is 1.83 bits per heavy atom. The summed E-state index contributed by atoms with van der Waals surface area (Å²) in [5, 5.41) is 0. The summed E-state index contributed by atoms with van der Waals surface area (Å²) in [6.07, 6.45) is 3.62. The minimum atomic E-state index is 0. The molecule has 0 aromatic heterocycles. The lowest BCUT2D eigenvalue weighted by Gasteiger charge is -2.32. The number of hydrogen-bond acceptors (Lipinski definition) is 3. The van der Waals surface area contributed by atoms with Gasteiger partial charge in [0.05, 0.1) is 7.11 Å². The van der Waals surface area contributed by atoms with Crippen molar-refractivity contribution in [2.24, 2.45) is 5.92 Å². The third-order valence-corrected chi connectivity index (χ3v) is 4.77. The Kier molecular flexibility index (Phi) is 6.95. The van der Waals surface area contributed by atoms with Crippen LogP contribution in [0.2, 0.25) is 0 Å². The number of piperidine rings is 1. The molecule has 2 aromatic carbocycles. The van der Waals surface area contributed by atoms with Crippen molar-refractivity contribution in [1.29, 1.82) is 0 Å². The molecule has 1 fully saturated rings. The van der Waals surface area contributed by atoms with E-state index in [1.54, 1.807) is 7.11 Å². The number of para-hydroxylation sites is 1. The number of methoxy groups -OCH3 is 1. The molecule has 0 amide bonds. The van der Waals surface area contributed by atoms with Crippen molar-refractivity contribution in [2.75, 3.05) is 25.9 Å². The van der Waals surface area contributed by atoms with Crippen molar-refractivity contribution in [2.45, 2.75) is 25.8 Å². The Bertz CT molecular complexity index is 639. The molecule has 0 radical (unpaired) electrons. The molecule has 130 valence electrons. The van der Waals surface area contributed by atoms with E-state index in [1.165, 1.54) is 24.0 Å².